The molecule has 1 amide bonds. The number of hydrogen-bond donors (Lipinski definition) is 2. The fourth-order valence-corrected chi connectivity index (χ4v) is 4.77. The number of amides is 1. The van der Waals surface area contributed by atoms with Gasteiger partial charge in [0.1, 0.15) is 11.6 Å². The third-order valence-electron chi connectivity index (χ3n) is 6.43. The van der Waals surface area contributed by atoms with Crippen molar-refractivity contribution in [3.63, 3.8) is 0 Å². The average molecular weight is 459 g/mol. The van der Waals surface area contributed by atoms with Crippen molar-refractivity contribution in [2.24, 2.45) is 7.05 Å². The summed E-state index contributed by atoms with van der Waals surface area (Å²) >= 11 is 0. The largest absolute Gasteiger partial charge is 0.382 e. The van der Waals surface area contributed by atoms with E-state index in [0.29, 0.717) is 29.3 Å². The summed E-state index contributed by atoms with van der Waals surface area (Å²) < 4.78 is 17.0. The average Bonchev–Trinajstić information content (AvgIpc) is 3.18. The van der Waals surface area contributed by atoms with Crippen LogP contribution >= 0.6 is 0 Å². The number of hydrogen-bond acceptors (Lipinski definition) is 5. The predicted molar refractivity (Wildman–Crippen MR) is 132 cm³/mol. The number of halogens is 1. The van der Waals surface area contributed by atoms with Crippen LogP contribution < -0.4 is 16.0 Å². The van der Waals surface area contributed by atoms with Crippen molar-refractivity contribution >= 4 is 28.3 Å². The fourth-order valence-electron chi connectivity index (χ4n) is 4.77. The van der Waals surface area contributed by atoms with Crippen molar-refractivity contribution in [2.75, 3.05) is 23.7 Å². The van der Waals surface area contributed by atoms with E-state index < -0.39 is 11.7 Å². The summed E-state index contributed by atoms with van der Waals surface area (Å²) in [5.41, 5.74) is 8.19. The lowest BCUT2D eigenvalue weighted by atomic mass is 10.00. The number of nitrogens with zero attached hydrogens (tertiary/aromatic N) is 4. The molecule has 3 heterocycles. The first-order valence-corrected chi connectivity index (χ1v) is 11.4. The number of piperidine rings is 1. The van der Waals surface area contributed by atoms with Crippen LogP contribution in [0.15, 0.2) is 54.9 Å². The third-order valence-corrected chi connectivity index (χ3v) is 6.43. The molecular weight excluding hydrogens is 431 g/mol. The summed E-state index contributed by atoms with van der Waals surface area (Å²) in [7, 11) is 1.75. The summed E-state index contributed by atoms with van der Waals surface area (Å²) in [6.07, 6.45) is 5.18. The molecule has 4 aromatic rings. The van der Waals surface area contributed by atoms with Gasteiger partial charge < -0.3 is 11.1 Å². The van der Waals surface area contributed by atoms with Crippen molar-refractivity contribution in [3.8, 4) is 11.1 Å². The van der Waals surface area contributed by atoms with Gasteiger partial charge in [0.05, 0.1) is 11.6 Å². The summed E-state index contributed by atoms with van der Waals surface area (Å²) in [6.45, 7) is 3.53. The van der Waals surface area contributed by atoms with Crippen LogP contribution in [0.1, 0.15) is 28.8 Å². The lowest BCUT2D eigenvalue weighted by molar-refractivity contribution is 0.0968. The molecule has 0 saturated carbocycles. The van der Waals surface area contributed by atoms with Crippen LogP contribution in [0.5, 0.6) is 0 Å². The first kappa shape index (κ1) is 22.0. The van der Waals surface area contributed by atoms with E-state index in [-0.39, 0.29) is 11.6 Å². The molecule has 0 unspecified atom stereocenters. The van der Waals surface area contributed by atoms with Crippen LogP contribution in [0.3, 0.4) is 0 Å². The van der Waals surface area contributed by atoms with Crippen LogP contribution in [0.2, 0.25) is 0 Å². The van der Waals surface area contributed by atoms with Crippen LogP contribution in [-0.2, 0) is 7.05 Å². The second-order valence-electron chi connectivity index (χ2n) is 8.78. The topological polar surface area (TPSA) is 89.1 Å². The van der Waals surface area contributed by atoms with E-state index in [2.05, 4.69) is 15.4 Å². The van der Waals surface area contributed by atoms with E-state index in [1.54, 1.807) is 35.1 Å². The summed E-state index contributed by atoms with van der Waals surface area (Å²) in [5, 5.41) is 9.39. The fraction of sp³-hybridized carbons (Fsp3) is 0.269. The van der Waals surface area contributed by atoms with Gasteiger partial charge in [-0.15, -0.1) is 0 Å². The van der Waals surface area contributed by atoms with Crippen LogP contribution in [0.25, 0.3) is 21.9 Å². The Morgan fingerprint density at radius 2 is 2.12 bits per heavy atom. The standard InChI is InChI=1S/C26H27FN6O/c1-16-5-3-6-17-10-12-30-25(23(16)17)33(19-7-4-11-29-14-19)26(34)20-9-8-18(13-22(20)27)21-15-32(2)31-24(21)28/h3,5-6,8-10,12-13,15,19,29H,4,7,11,14H2,1-2H3,(H2,28,31)/t19-/m1/s1. The molecule has 1 aliphatic heterocycles. The molecular formula is C26H27FN6O. The lowest BCUT2D eigenvalue weighted by Crippen LogP contribution is -2.49. The molecule has 8 heteroatoms. The smallest absolute Gasteiger partial charge is 0.262 e. The van der Waals surface area contributed by atoms with E-state index in [1.165, 1.54) is 12.1 Å². The maximum Gasteiger partial charge on any atom is 0.262 e. The zero-order valence-electron chi connectivity index (χ0n) is 19.3. The molecule has 1 aliphatic rings. The van der Waals surface area contributed by atoms with Gasteiger partial charge in [0.15, 0.2) is 5.82 Å². The molecule has 0 spiro atoms. The molecule has 0 bridgehead atoms. The highest BCUT2D eigenvalue weighted by atomic mass is 19.1. The molecule has 0 aliphatic carbocycles. The number of aromatic nitrogens is 3. The van der Waals surface area contributed by atoms with E-state index in [1.807, 2.05) is 31.2 Å². The monoisotopic (exact) mass is 458 g/mol. The number of benzene rings is 2. The number of nitrogens with one attached hydrogen (secondary N) is 1. The maximum atomic E-state index is 15.4. The number of anilines is 2. The number of aryl methyl sites for hydroxylation is 2. The minimum absolute atomic E-state index is 0.00386. The molecule has 2 aromatic carbocycles. The Morgan fingerprint density at radius 3 is 2.82 bits per heavy atom. The second kappa shape index (κ2) is 8.87. The quantitative estimate of drug-likeness (QED) is 0.481. The normalized spacial score (nSPS) is 16.0. The van der Waals surface area contributed by atoms with Gasteiger partial charge in [-0.2, -0.15) is 5.10 Å². The van der Waals surface area contributed by atoms with Gasteiger partial charge in [-0.25, -0.2) is 9.37 Å². The van der Waals surface area contributed by atoms with Crippen molar-refractivity contribution in [1.82, 2.24) is 20.1 Å². The summed E-state index contributed by atoms with van der Waals surface area (Å²) in [5.74, 6) is -0.128. The first-order valence-electron chi connectivity index (χ1n) is 11.4. The highest BCUT2D eigenvalue weighted by Crippen LogP contribution is 2.33. The second-order valence-corrected chi connectivity index (χ2v) is 8.78. The Labute approximate surface area is 197 Å². The Hall–Kier alpha value is -3.78. The van der Waals surface area contributed by atoms with Crippen LogP contribution in [-0.4, -0.2) is 39.8 Å². The Kier molecular flexibility index (Phi) is 5.75. The number of nitrogen functional groups attached to an aromatic ring is 1. The molecule has 0 radical (unpaired) electrons. The number of rotatable bonds is 4. The van der Waals surface area contributed by atoms with Gasteiger partial charge in [0.25, 0.3) is 5.91 Å². The maximum absolute atomic E-state index is 15.4. The Balaban J connectivity index is 1.61. The van der Waals surface area contributed by atoms with Crippen molar-refractivity contribution in [1.29, 1.82) is 0 Å². The van der Waals surface area contributed by atoms with Gasteiger partial charge in [0.2, 0.25) is 0 Å². The SMILES string of the molecule is Cc1cccc2ccnc(N(C(=O)c3ccc(-c4cn(C)nc4N)cc3F)[C@@H]3CCCNC3)c12. The van der Waals surface area contributed by atoms with Gasteiger partial charge in [-0.05, 0) is 61.0 Å². The van der Waals surface area contributed by atoms with Crippen molar-refractivity contribution < 1.29 is 9.18 Å². The molecule has 5 rings (SSSR count). The third kappa shape index (κ3) is 3.90. The highest BCUT2D eigenvalue weighted by Gasteiger charge is 2.31. The Bertz CT molecular complexity index is 1370. The van der Waals surface area contributed by atoms with E-state index in [4.69, 9.17) is 5.73 Å². The molecule has 1 fully saturated rings. The zero-order valence-corrected chi connectivity index (χ0v) is 19.3. The van der Waals surface area contributed by atoms with E-state index in [0.717, 1.165) is 35.7 Å². The molecule has 3 N–H and O–H groups in total. The van der Waals surface area contributed by atoms with Crippen molar-refractivity contribution in [2.45, 2.75) is 25.8 Å². The minimum Gasteiger partial charge on any atom is -0.382 e. The van der Waals surface area contributed by atoms with Crippen LogP contribution in [0.4, 0.5) is 16.0 Å². The summed E-state index contributed by atoms with van der Waals surface area (Å²) in [4.78, 5) is 20.2. The zero-order chi connectivity index (χ0) is 23.8. The summed E-state index contributed by atoms with van der Waals surface area (Å²) in [6, 6.07) is 12.4. The van der Waals surface area contributed by atoms with E-state index in [9.17, 15) is 4.79 Å². The van der Waals surface area contributed by atoms with Gasteiger partial charge >= 0.3 is 0 Å². The lowest BCUT2D eigenvalue weighted by Gasteiger charge is -2.35. The first-order chi connectivity index (χ1) is 16.4. The minimum atomic E-state index is -0.600. The molecule has 174 valence electrons. The Morgan fingerprint density at radius 1 is 1.26 bits per heavy atom. The van der Waals surface area contributed by atoms with Crippen LogP contribution in [0, 0.1) is 12.7 Å². The number of carbonyl (C=O) groups is 1. The molecule has 1 saturated heterocycles. The molecule has 34 heavy (non-hydrogen) atoms. The molecule has 2 aromatic heterocycles. The number of nitrogens with two attached hydrogens (primary N) is 1. The highest BCUT2D eigenvalue weighted by molar-refractivity contribution is 6.11. The van der Waals surface area contributed by atoms with Gasteiger partial charge in [-0.3, -0.25) is 14.4 Å². The number of pyridine rings is 1. The predicted octanol–water partition coefficient (Wildman–Crippen LogP) is 4.06. The van der Waals surface area contributed by atoms with Crippen molar-refractivity contribution in [3.05, 3.63) is 71.8 Å². The number of carbonyl (C=O) groups excluding carboxylic acids is 1. The number of fused-ring (bicyclic) bond motifs is 1. The molecule has 1 atom stereocenters. The van der Waals surface area contributed by atoms with E-state index >= 15 is 4.39 Å². The van der Waals surface area contributed by atoms with Gasteiger partial charge in [-0.1, -0.05) is 24.3 Å². The van der Waals surface area contributed by atoms with Gasteiger partial charge in [0, 0.05) is 36.9 Å². The molecule has 7 nitrogen and oxygen atoms in total.